The van der Waals surface area contributed by atoms with Gasteiger partial charge in [0.25, 0.3) is 0 Å². The molecule has 0 N–H and O–H groups in total. The molecule has 0 spiro atoms. The highest BCUT2D eigenvalue weighted by Crippen LogP contribution is 2.25. The number of aryl methyl sites for hydroxylation is 1. The van der Waals surface area contributed by atoms with Gasteiger partial charge >= 0.3 is 6.36 Å². The standard InChI is InChI=1S/C8H6ClF3INO/c1-4-2-6(15-8(10,11)12)14-7(13)5(4)3-9/h2H,3H2,1H3. The molecule has 0 saturated carbocycles. The van der Waals surface area contributed by atoms with Crippen molar-refractivity contribution in [2.45, 2.75) is 19.2 Å². The molecule has 15 heavy (non-hydrogen) atoms. The van der Waals surface area contributed by atoms with E-state index in [1.807, 2.05) is 22.6 Å². The molecule has 7 heteroatoms. The number of pyridine rings is 1. The predicted molar refractivity (Wildman–Crippen MR) is 57.9 cm³/mol. The molecule has 84 valence electrons. The van der Waals surface area contributed by atoms with Crippen LogP contribution in [0.15, 0.2) is 6.07 Å². The number of nitrogens with zero attached hydrogens (tertiary/aromatic N) is 1. The molecule has 1 aromatic heterocycles. The number of alkyl halides is 4. The van der Waals surface area contributed by atoms with Crippen LogP contribution in [0.1, 0.15) is 11.1 Å². The van der Waals surface area contributed by atoms with Crippen molar-refractivity contribution in [2.75, 3.05) is 0 Å². The molecule has 0 atom stereocenters. The fourth-order valence-corrected chi connectivity index (χ4v) is 2.38. The number of hydrogen-bond acceptors (Lipinski definition) is 2. The Kier molecular flexibility index (Phi) is 4.05. The van der Waals surface area contributed by atoms with Crippen molar-refractivity contribution in [3.63, 3.8) is 0 Å². The van der Waals surface area contributed by atoms with E-state index < -0.39 is 12.2 Å². The molecule has 0 saturated heterocycles. The second-order valence-corrected chi connectivity index (χ2v) is 4.02. The fraction of sp³-hybridized carbons (Fsp3) is 0.375. The minimum Gasteiger partial charge on any atom is -0.388 e. The lowest BCUT2D eigenvalue weighted by atomic mass is 10.2. The van der Waals surface area contributed by atoms with Crippen LogP contribution < -0.4 is 4.74 Å². The van der Waals surface area contributed by atoms with Gasteiger partial charge in [-0.1, -0.05) is 0 Å². The third-order valence-corrected chi connectivity index (χ3v) is 2.79. The molecule has 1 rings (SSSR count). The van der Waals surface area contributed by atoms with Gasteiger partial charge in [-0.15, -0.1) is 24.8 Å². The molecular formula is C8H6ClF3INO. The zero-order valence-corrected chi connectivity index (χ0v) is 10.4. The van der Waals surface area contributed by atoms with E-state index in [9.17, 15) is 13.2 Å². The lowest BCUT2D eigenvalue weighted by molar-refractivity contribution is -0.276. The molecule has 2 nitrogen and oxygen atoms in total. The van der Waals surface area contributed by atoms with Crippen LogP contribution in [0.25, 0.3) is 0 Å². The molecule has 1 heterocycles. The van der Waals surface area contributed by atoms with E-state index in [-0.39, 0.29) is 5.88 Å². The van der Waals surface area contributed by atoms with Gasteiger partial charge in [0.05, 0.1) is 5.88 Å². The highest BCUT2D eigenvalue weighted by Gasteiger charge is 2.32. The first kappa shape index (κ1) is 12.8. The van der Waals surface area contributed by atoms with Crippen molar-refractivity contribution in [2.24, 2.45) is 0 Å². The van der Waals surface area contributed by atoms with Gasteiger partial charge in [-0.3, -0.25) is 0 Å². The SMILES string of the molecule is Cc1cc(OC(F)(F)F)nc(I)c1CCl. The average molecular weight is 351 g/mol. The van der Waals surface area contributed by atoms with Gasteiger partial charge in [0, 0.05) is 11.6 Å². The van der Waals surface area contributed by atoms with Gasteiger partial charge < -0.3 is 4.74 Å². The van der Waals surface area contributed by atoms with Crippen molar-refractivity contribution in [1.29, 1.82) is 0 Å². The minimum atomic E-state index is -4.72. The van der Waals surface area contributed by atoms with E-state index in [0.717, 1.165) is 0 Å². The van der Waals surface area contributed by atoms with Gasteiger partial charge in [-0.2, -0.15) is 0 Å². The molecule has 0 bridgehead atoms. The largest absolute Gasteiger partial charge is 0.574 e. The number of halogens is 5. The molecule has 0 amide bonds. The zero-order chi connectivity index (χ0) is 11.6. The molecular weight excluding hydrogens is 345 g/mol. The van der Waals surface area contributed by atoms with Crippen molar-refractivity contribution in [3.8, 4) is 5.88 Å². The number of rotatable bonds is 2. The normalized spacial score (nSPS) is 11.6. The van der Waals surface area contributed by atoms with E-state index in [2.05, 4.69) is 9.72 Å². The van der Waals surface area contributed by atoms with Crippen LogP contribution in [-0.4, -0.2) is 11.3 Å². The van der Waals surface area contributed by atoms with E-state index >= 15 is 0 Å². The highest BCUT2D eigenvalue weighted by molar-refractivity contribution is 14.1. The summed E-state index contributed by atoms with van der Waals surface area (Å²) >= 11 is 7.44. The maximum atomic E-state index is 11.9. The Labute approximate surface area is 103 Å². The molecule has 0 aliphatic carbocycles. The van der Waals surface area contributed by atoms with Crippen molar-refractivity contribution >= 4 is 34.2 Å². The Balaban J connectivity index is 3.04. The molecule has 0 radical (unpaired) electrons. The highest BCUT2D eigenvalue weighted by atomic mass is 127. The van der Waals surface area contributed by atoms with E-state index in [0.29, 0.717) is 14.8 Å². The molecule has 0 aromatic carbocycles. The zero-order valence-electron chi connectivity index (χ0n) is 7.53. The Morgan fingerprint density at radius 3 is 2.53 bits per heavy atom. The maximum absolute atomic E-state index is 11.9. The molecule has 1 aromatic rings. The molecule has 0 aliphatic rings. The molecule has 0 fully saturated rings. The summed E-state index contributed by atoms with van der Waals surface area (Å²) in [6, 6.07) is 1.22. The van der Waals surface area contributed by atoms with Crippen LogP contribution in [-0.2, 0) is 5.88 Å². The van der Waals surface area contributed by atoms with E-state index in [1.165, 1.54) is 6.07 Å². The van der Waals surface area contributed by atoms with E-state index in [4.69, 9.17) is 11.6 Å². The van der Waals surface area contributed by atoms with Crippen molar-refractivity contribution in [3.05, 3.63) is 20.9 Å². The third kappa shape index (κ3) is 3.67. The topological polar surface area (TPSA) is 22.1 Å². The second kappa shape index (κ2) is 4.73. The lowest BCUT2D eigenvalue weighted by Crippen LogP contribution is -2.18. The maximum Gasteiger partial charge on any atom is 0.574 e. The molecule has 0 aliphatic heterocycles. The van der Waals surface area contributed by atoms with Crippen LogP contribution in [0, 0.1) is 10.6 Å². The van der Waals surface area contributed by atoms with Crippen molar-refractivity contribution < 1.29 is 17.9 Å². The molecule has 0 unspecified atom stereocenters. The quantitative estimate of drug-likeness (QED) is 0.461. The summed E-state index contributed by atoms with van der Waals surface area (Å²) < 4.78 is 39.8. The summed E-state index contributed by atoms with van der Waals surface area (Å²) in [5.74, 6) is -0.248. The van der Waals surface area contributed by atoms with Crippen LogP contribution >= 0.6 is 34.2 Å². The lowest BCUT2D eigenvalue weighted by Gasteiger charge is -2.11. The first-order valence-electron chi connectivity index (χ1n) is 3.81. The van der Waals surface area contributed by atoms with Gasteiger partial charge in [0.15, 0.2) is 0 Å². The summed E-state index contributed by atoms with van der Waals surface area (Å²) in [5, 5.41) is 0. The van der Waals surface area contributed by atoms with Gasteiger partial charge in [0.2, 0.25) is 5.88 Å². The van der Waals surface area contributed by atoms with Crippen LogP contribution in [0.2, 0.25) is 0 Å². The van der Waals surface area contributed by atoms with Crippen molar-refractivity contribution in [1.82, 2.24) is 4.98 Å². The minimum absolute atomic E-state index is 0.212. The monoisotopic (exact) mass is 351 g/mol. The number of hydrogen-bond donors (Lipinski definition) is 0. The third-order valence-electron chi connectivity index (χ3n) is 1.63. The Hall–Kier alpha value is -0.240. The summed E-state index contributed by atoms with van der Waals surface area (Å²) in [4.78, 5) is 3.65. The van der Waals surface area contributed by atoms with Crippen LogP contribution in [0.4, 0.5) is 13.2 Å². The summed E-state index contributed by atoms with van der Waals surface area (Å²) in [6.07, 6.45) is -4.72. The van der Waals surface area contributed by atoms with E-state index in [1.54, 1.807) is 6.92 Å². The predicted octanol–water partition coefficient (Wildman–Crippen LogP) is 3.63. The van der Waals surface area contributed by atoms with Gasteiger partial charge in [0.1, 0.15) is 3.70 Å². The number of ether oxygens (including phenoxy) is 1. The Morgan fingerprint density at radius 1 is 1.53 bits per heavy atom. The average Bonchev–Trinajstić information content (AvgIpc) is 1.99. The van der Waals surface area contributed by atoms with Crippen LogP contribution in [0.5, 0.6) is 5.88 Å². The summed E-state index contributed by atoms with van der Waals surface area (Å²) in [7, 11) is 0. The van der Waals surface area contributed by atoms with Gasteiger partial charge in [-0.25, -0.2) is 4.98 Å². The van der Waals surface area contributed by atoms with Gasteiger partial charge in [-0.05, 0) is 35.1 Å². The van der Waals surface area contributed by atoms with Crippen LogP contribution in [0.3, 0.4) is 0 Å². The first-order chi connectivity index (χ1) is 6.83. The Morgan fingerprint density at radius 2 is 2.13 bits per heavy atom. The fourth-order valence-electron chi connectivity index (χ4n) is 0.963. The second-order valence-electron chi connectivity index (χ2n) is 2.73. The Bertz CT molecular complexity index is 346. The summed E-state index contributed by atoms with van der Waals surface area (Å²) in [5.41, 5.74) is 1.34. The summed E-state index contributed by atoms with van der Waals surface area (Å²) in [6.45, 7) is 1.66. The number of aromatic nitrogens is 1. The smallest absolute Gasteiger partial charge is 0.388 e. The first-order valence-corrected chi connectivity index (χ1v) is 5.42.